The van der Waals surface area contributed by atoms with Gasteiger partial charge in [0.25, 0.3) is 0 Å². The lowest BCUT2D eigenvalue weighted by atomic mass is 10.2. The molecule has 0 amide bonds. The smallest absolute Gasteiger partial charge is 0.209 e. The van der Waals surface area contributed by atoms with Crippen molar-refractivity contribution in [3.8, 4) is 0 Å². The fraction of sp³-hybridized carbons (Fsp3) is 0.286. The van der Waals surface area contributed by atoms with Gasteiger partial charge in [-0.15, -0.1) is 5.10 Å². The van der Waals surface area contributed by atoms with Crippen LogP contribution < -0.4 is 5.43 Å². The number of nitrogens with zero attached hydrogens (tertiary/aromatic N) is 4. The van der Waals surface area contributed by atoms with Gasteiger partial charge in [-0.1, -0.05) is 36.7 Å². The Morgan fingerprint density at radius 1 is 1.33 bits per heavy atom. The first kappa shape index (κ1) is 15.7. The summed E-state index contributed by atoms with van der Waals surface area (Å²) in [6.45, 7) is 2.10. The van der Waals surface area contributed by atoms with Gasteiger partial charge in [-0.05, 0) is 36.9 Å². The minimum Gasteiger partial charge on any atom is -0.278 e. The summed E-state index contributed by atoms with van der Waals surface area (Å²) in [5, 5.41) is 13.7. The van der Waals surface area contributed by atoms with Crippen LogP contribution in [0.15, 0.2) is 40.7 Å². The van der Waals surface area contributed by atoms with Crippen molar-refractivity contribution in [3.05, 3.63) is 41.2 Å². The molecule has 0 atom stereocenters. The second-order valence-corrected chi connectivity index (χ2v) is 5.47. The zero-order chi connectivity index (χ0) is 15.1. The number of nitrogens with one attached hydrogen (secondary N) is 1. The third-order valence-electron chi connectivity index (χ3n) is 2.67. The number of hydrogen-bond donors (Lipinski definition) is 1. The van der Waals surface area contributed by atoms with Crippen molar-refractivity contribution in [3.63, 3.8) is 0 Å². The predicted molar refractivity (Wildman–Crippen MR) is 88.1 cm³/mol. The molecule has 0 saturated heterocycles. The van der Waals surface area contributed by atoms with Crippen molar-refractivity contribution in [2.24, 2.45) is 5.10 Å². The summed E-state index contributed by atoms with van der Waals surface area (Å²) in [5.41, 5.74) is 5.51. The van der Waals surface area contributed by atoms with Crippen molar-refractivity contribution in [1.29, 1.82) is 0 Å². The fourth-order valence-electron chi connectivity index (χ4n) is 1.65. The van der Waals surface area contributed by atoms with Crippen LogP contribution in [0.1, 0.15) is 25.5 Å². The molecule has 0 aliphatic carbocycles. The van der Waals surface area contributed by atoms with Crippen molar-refractivity contribution in [2.75, 3.05) is 11.7 Å². The Morgan fingerprint density at radius 2 is 2.10 bits per heavy atom. The molecule has 0 saturated carbocycles. The van der Waals surface area contributed by atoms with Crippen molar-refractivity contribution < 1.29 is 0 Å². The van der Waals surface area contributed by atoms with Crippen LogP contribution in [0.25, 0.3) is 0 Å². The van der Waals surface area contributed by atoms with Gasteiger partial charge in [-0.2, -0.15) is 10.2 Å². The zero-order valence-electron chi connectivity index (χ0n) is 11.9. The van der Waals surface area contributed by atoms with Gasteiger partial charge in [0.2, 0.25) is 5.16 Å². The number of benzene rings is 1. The average Bonchev–Trinajstić information content (AvgIpc) is 2.53. The van der Waals surface area contributed by atoms with Crippen molar-refractivity contribution >= 4 is 34.8 Å². The SMILES string of the molecule is CCC/C(=N\Nc1ccc(Cl)cc1)c1cnnc(SC)n1. The number of thioether (sulfide) groups is 1. The maximum absolute atomic E-state index is 5.86. The molecule has 2 rings (SSSR count). The number of halogens is 1. The topological polar surface area (TPSA) is 63.1 Å². The molecule has 0 aliphatic rings. The largest absolute Gasteiger partial charge is 0.278 e. The lowest BCUT2D eigenvalue weighted by Gasteiger charge is -2.06. The Hall–Kier alpha value is -1.66. The summed E-state index contributed by atoms with van der Waals surface area (Å²) in [4.78, 5) is 4.43. The Morgan fingerprint density at radius 3 is 2.76 bits per heavy atom. The van der Waals surface area contributed by atoms with Crippen LogP contribution in [0.5, 0.6) is 0 Å². The van der Waals surface area contributed by atoms with E-state index in [1.54, 1.807) is 6.20 Å². The summed E-state index contributed by atoms with van der Waals surface area (Å²) >= 11 is 7.32. The minimum atomic E-state index is 0.641. The number of anilines is 1. The predicted octanol–water partition coefficient (Wildman–Crippen LogP) is 3.86. The minimum absolute atomic E-state index is 0.641. The summed E-state index contributed by atoms with van der Waals surface area (Å²) in [5.74, 6) is 0. The maximum Gasteiger partial charge on any atom is 0.209 e. The van der Waals surface area contributed by atoms with Gasteiger partial charge >= 0.3 is 0 Å². The number of hydrogen-bond acceptors (Lipinski definition) is 6. The van der Waals surface area contributed by atoms with Gasteiger partial charge in [-0.3, -0.25) is 5.43 Å². The fourth-order valence-corrected chi connectivity index (χ4v) is 2.09. The second-order valence-electron chi connectivity index (χ2n) is 4.26. The molecule has 0 radical (unpaired) electrons. The Bertz CT molecular complexity index is 615. The molecule has 0 unspecified atom stereocenters. The van der Waals surface area contributed by atoms with E-state index in [9.17, 15) is 0 Å². The number of aromatic nitrogens is 3. The molecule has 0 spiro atoms. The van der Waals surface area contributed by atoms with Gasteiger partial charge in [-0.25, -0.2) is 4.98 Å². The van der Waals surface area contributed by atoms with Gasteiger partial charge in [0, 0.05) is 5.02 Å². The molecule has 1 heterocycles. The van der Waals surface area contributed by atoms with E-state index < -0.39 is 0 Å². The van der Waals surface area contributed by atoms with E-state index >= 15 is 0 Å². The first-order valence-corrected chi connectivity index (χ1v) is 8.15. The number of hydrazone groups is 1. The van der Waals surface area contributed by atoms with Crippen LogP contribution >= 0.6 is 23.4 Å². The molecule has 5 nitrogen and oxygen atoms in total. The average molecular weight is 322 g/mol. The van der Waals surface area contributed by atoms with Crippen LogP contribution in [0, 0.1) is 0 Å². The molecule has 0 aliphatic heterocycles. The highest BCUT2D eigenvalue weighted by atomic mass is 35.5. The first-order chi connectivity index (χ1) is 10.2. The van der Waals surface area contributed by atoms with E-state index in [2.05, 4.69) is 32.6 Å². The molecule has 1 aromatic heterocycles. The van der Waals surface area contributed by atoms with Gasteiger partial charge in [0.1, 0.15) is 5.69 Å². The summed E-state index contributed by atoms with van der Waals surface area (Å²) in [6, 6.07) is 7.38. The molecule has 1 aromatic carbocycles. The van der Waals surface area contributed by atoms with Gasteiger partial charge in [0.15, 0.2) is 0 Å². The highest BCUT2D eigenvalue weighted by Gasteiger charge is 2.07. The molecule has 21 heavy (non-hydrogen) atoms. The van der Waals surface area contributed by atoms with Crippen LogP contribution in [0.4, 0.5) is 5.69 Å². The lowest BCUT2D eigenvalue weighted by Crippen LogP contribution is -2.09. The normalized spacial score (nSPS) is 11.5. The van der Waals surface area contributed by atoms with Crippen molar-refractivity contribution in [2.45, 2.75) is 24.9 Å². The molecular weight excluding hydrogens is 306 g/mol. The highest BCUT2D eigenvalue weighted by Crippen LogP contribution is 2.14. The number of rotatable bonds is 6. The molecule has 0 fully saturated rings. The molecule has 0 bridgehead atoms. The van der Waals surface area contributed by atoms with Crippen LogP contribution in [-0.4, -0.2) is 27.1 Å². The van der Waals surface area contributed by atoms with Crippen LogP contribution in [0.2, 0.25) is 5.02 Å². The molecule has 1 N–H and O–H groups in total. The highest BCUT2D eigenvalue weighted by molar-refractivity contribution is 7.98. The van der Waals surface area contributed by atoms with Gasteiger partial charge < -0.3 is 0 Å². The quantitative estimate of drug-likeness (QED) is 0.497. The van der Waals surface area contributed by atoms with E-state index in [0.717, 1.165) is 29.9 Å². The van der Waals surface area contributed by atoms with Crippen LogP contribution in [0.3, 0.4) is 0 Å². The summed E-state index contributed by atoms with van der Waals surface area (Å²) in [6.07, 6.45) is 5.34. The second kappa shape index (κ2) is 7.95. The Kier molecular flexibility index (Phi) is 5.95. The van der Waals surface area contributed by atoms with Crippen molar-refractivity contribution in [1.82, 2.24) is 15.2 Å². The lowest BCUT2D eigenvalue weighted by molar-refractivity contribution is 0.828. The summed E-state index contributed by atoms with van der Waals surface area (Å²) < 4.78 is 0. The van der Waals surface area contributed by atoms with E-state index in [-0.39, 0.29) is 0 Å². The standard InChI is InChI=1S/C14H16ClN5S/c1-3-4-12(13-9-16-20-14(17-13)21-2)19-18-11-7-5-10(15)6-8-11/h5-9,18H,3-4H2,1-2H3/b19-12+. The van der Waals surface area contributed by atoms with Gasteiger partial charge in [0.05, 0.1) is 17.6 Å². The summed E-state index contributed by atoms with van der Waals surface area (Å²) in [7, 11) is 0. The maximum atomic E-state index is 5.86. The third kappa shape index (κ3) is 4.68. The Labute approximate surface area is 133 Å². The Balaban J connectivity index is 2.20. The molecule has 7 heteroatoms. The zero-order valence-corrected chi connectivity index (χ0v) is 13.4. The molecular formula is C14H16ClN5S. The monoisotopic (exact) mass is 321 g/mol. The third-order valence-corrected chi connectivity index (χ3v) is 3.46. The van der Waals surface area contributed by atoms with E-state index in [1.807, 2.05) is 30.5 Å². The van der Waals surface area contributed by atoms with E-state index in [0.29, 0.717) is 10.2 Å². The molecule has 2 aromatic rings. The van der Waals surface area contributed by atoms with E-state index in [1.165, 1.54) is 11.8 Å². The molecule has 110 valence electrons. The van der Waals surface area contributed by atoms with Crippen LogP contribution in [-0.2, 0) is 0 Å². The van der Waals surface area contributed by atoms with E-state index in [4.69, 9.17) is 11.6 Å². The first-order valence-electron chi connectivity index (χ1n) is 6.55.